The molecule has 0 aliphatic heterocycles. The van der Waals surface area contributed by atoms with E-state index in [4.69, 9.17) is 10.5 Å². The second-order valence-electron chi connectivity index (χ2n) is 6.37. The molecular formula is C16H27NO. The summed E-state index contributed by atoms with van der Waals surface area (Å²) in [5.41, 5.74) is 8.52. The molecule has 0 aliphatic carbocycles. The van der Waals surface area contributed by atoms with Gasteiger partial charge in [-0.05, 0) is 44.2 Å². The average molecular weight is 249 g/mol. The smallest absolute Gasteiger partial charge is 0.0666 e. The molecule has 0 fully saturated rings. The van der Waals surface area contributed by atoms with E-state index in [0.29, 0.717) is 12.5 Å². The lowest BCUT2D eigenvalue weighted by molar-refractivity contribution is -0.0102. The largest absolute Gasteiger partial charge is 0.374 e. The van der Waals surface area contributed by atoms with Crippen molar-refractivity contribution in [2.75, 3.05) is 6.61 Å². The van der Waals surface area contributed by atoms with Gasteiger partial charge in [-0.25, -0.2) is 0 Å². The predicted molar refractivity (Wildman–Crippen MR) is 77.6 cm³/mol. The van der Waals surface area contributed by atoms with Crippen LogP contribution in [-0.4, -0.2) is 12.2 Å². The predicted octanol–water partition coefficient (Wildman–Crippen LogP) is 3.70. The molecule has 1 atom stereocenters. The number of hydrogen-bond donors (Lipinski definition) is 1. The van der Waals surface area contributed by atoms with Crippen molar-refractivity contribution in [3.05, 3.63) is 35.4 Å². The van der Waals surface area contributed by atoms with Crippen molar-refractivity contribution >= 4 is 0 Å². The summed E-state index contributed by atoms with van der Waals surface area (Å²) in [5, 5.41) is 0. The van der Waals surface area contributed by atoms with E-state index in [2.05, 4.69) is 38.1 Å². The summed E-state index contributed by atoms with van der Waals surface area (Å²) in [6, 6.07) is 8.54. The van der Waals surface area contributed by atoms with Crippen LogP contribution in [0, 0.1) is 5.92 Å². The Morgan fingerprint density at radius 2 is 1.67 bits per heavy atom. The van der Waals surface area contributed by atoms with Gasteiger partial charge in [0.25, 0.3) is 0 Å². The molecule has 0 amide bonds. The third-order valence-corrected chi connectivity index (χ3v) is 2.75. The first-order chi connectivity index (χ1) is 8.28. The van der Waals surface area contributed by atoms with Crippen LogP contribution in [0.2, 0.25) is 0 Å². The molecule has 2 heteroatoms. The van der Waals surface area contributed by atoms with Crippen LogP contribution in [0.3, 0.4) is 0 Å². The molecule has 0 bridgehead atoms. The highest BCUT2D eigenvalue weighted by atomic mass is 16.5. The zero-order valence-corrected chi connectivity index (χ0v) is 12.4. The first-order valence-electron chi connectivity index (χ1n) is 6.76. The first kappa shape index (κ1) is 15.2. The summed E-state index contributed by atoms with van der Waals surface area (Å²) in [6.07, 6.45) is 1.12. The molecular weight excluding hydrogens is 222 g/mol. The van der Waals surface area contributed by atoms with Crippen molar-refractivity contribution < 1.29 is 4.74 Å². The van der Waals surface area contributed by atoms with E-state index in [-0.39, 0.29) is 11.6 Å². The van der Waals surface area contributed by atoms with Crippen LogP contribution in [0.25, 0.3) is 0 Å². The fourth-order valence-electron chi connectivity index (χ4n) is 1.81. The minimum Gasteiger partial charge on any atom is -0.374 e. The van der Waals surface area contributed by atoms with E-state index in [1.165, 1.54) is 5.56 Å². The van der Waals surface area contributed by atoms with Gasteiger partial charge in [0.2, 0.25) is 0 Å². The third kappa shape index (κ3) is 5.65. The van der Waals surface area contributed by atoms with Crippen molar-refractivity contribution in [1.29, 1.82) is 0 Å². The standard InChI is InChI=1S/C16H27NO/c1-12(2)10-13-6-8-14(9-7-13)15(17)11-18-16(3,4)5/h6-9,12,15H,10-11,17H2,1-5H3. The highest BCUT2D eigenvalue weighted by Crippen LogP contribution is 2.17. The molecule has 1 rings (SSSR count). The topological polar surface area (TPSA) is 35.2 Å². The number of nitrogens with two attached hydrogens (primary N) is 1. The average Bonchev–Trinajstić information content (AvgIpc) is 2.25. The van der Waals surface area contributed by atoms with Gasteiger partial charge < -0.3 is 10.5 Å². The van der Waals surface area contributed by atoms with Crippen molar-refractivity contribution in [2.24, 2.45) is 11.7 Å². The molecule has 0 aromatic heterocycles. The Morgan fingerprint density at radius 3 is 2.11 bits per heavy atom. The van der Waals surface area contributed by atoms with E-state index < -0.39 is 0 Å². The maximum Gasteiger partial charge on any atom is 0.0666 e. The first-order valence-corrected chi connectivity index (χ1v) is 6.76. The van der Waals surface area contributed by atoms with E-state index >= 15 is 0 Å². The Hall–Kier alpha value is -0.860. The van der Waals surface area contributed by atoms with Gasteiger partial charge in [0, 0.05) is 0 Å². The molecule has 0 saturated carbocycles. The lowest BCUT2D eigenvalue weighted by Gasteiger charge is -2.22. The fourth-order valence-corrected chi connectivity index (χ4v) is 1.81. The summed E-state index contributed by atoms with van der Waals surface area (Å²) >= 11 is 0. The molecule has 0 spiro atoms. The fraction of sp³-hybridized carbons (Fsp3) is 0.625. The normalized spacial score (nSPS) is 13.9. The number of hydrogen-bond acceptors (Lipinski definition) is 2. The molecule has 0 aliphatic rings. The van der Waals surface area contributed by atoms with Gasteiger partial charge in [0.05, 0.1) is 18.2 Å². The second kappa shape index (κ2) is 6.35. The van der Waals surface area contributed by atoms with Crippen LogP contribution in [0.1, 0.15) is 51.8 Å². The van der Waals surface area contributed by atoms with Crippen molar-refractivity contribution in [1.82, 2.24) is 0 Å². The zero-order chi connectivity index (χ0) is 13.8. The summed E-state index contributed by atoms with van der Waals surface area (Å²) in [4.78, 5) is 0. The van der Waals surface area contributed by atoms with Crippen LogP contribution >= 0.6 is 0 Å². The van der Waals surface area contributed by atoms with Crippen LogP contribution in [0.5, 0.6) is 0 Å². The van der Waals surface area contributed by atoms with E-state index in [1.807, 2.05) is 20.8 Å². The third-order valence-electron chi connectivity index (χ3n) is 2.75. The molecule has 0 heterocycles. The van der Waals surface area contributed by atoms with Crippen LogP contribution in [0.4, 0.5) is 0 Å². The Morgan fingerprint density at radius 1 is 1.11 bits per heavy atom. The Labute approximate surface area is 112 Å². The maximum absolute atomic E-state index is 6.13. The molecule has 0 radical (unpaired) electrons. The molecule has 0 saturated heterocycles. The lowest BCUT2D eigenvalue weighted by Crippen LogP contribution is -2.26. The van der Waals surface area contributed by atoms with Gasteiger partial charge in [-0.3, -0.25) is 0 Å². The molecule has 102 valence electrons. The van der Waals surface area contributed by atoms with E-state index in [9.17, 15) is 0 Å². The monoisotopic (exact) mass is 249 g/mol. The van der Waals surface area contributed by atoms with Gasteiger partial charge in [-0.15, -0.1) is 0 Å². The molecule has 1 aromatic rings. The molecule has 2 nitrogen and oxygen atoms in total. The van der Waals surface area contributed by atoms with Gasteiger partial charge in [-0.2, -0.15) is 0 Å². The summed E-state index contributed by atoms with van der Waals surface area (Å²) in [7, 11) is 0. The van der Waals surface area contributed by atoms with E-state index in [1.54, 1.807) is 0 Å². The summed E-state index contributed by atoms with van der Waals surface area (Å²) < 4.78 is 5.72. The van der Waals surface area contributed by atoms with E-state index in [0.717, 1.165) is 12.0 Å². The number of benzene rings is 1. The van der Waals surface area contributed by atoms with Crippen molar-refractivity contribution in [3.8, 4) is 0 Å². The second-order valence-corrected chi connectivity index (χ2v) is 6.37. The van der Waals surface area contributed by atoms with Crippen LogP contribution < -0.4 is 5.73 Å². The summed E-state index contributed by atoms with van der Waals surface area (Å²) in [6.45, 7) is 11.2. The van der Waals surface area contributed by atoms with Crippen LogP contribution in [0.15, 0.2) is 24.3 Å². The highest BCUT2D eigenvalue weighted by Gasteiger charge is 2.14. The van der Waals surface area contributed by atoms with Crippen LogP contribution in [-0.2, 0) is 11.2 Å². The minimum atomic E-state index is -0.130. The summed E-state index contributed by atoms with van der Waals surface area (Å²) in [5.74, 6) is 0.689. The maximum atomic E-state index is 6.13. The minimum absolute atomic E-state index is 0.0441. The quantitative estimate of drug-likeness (QED) is 0.863. The Balaban J connectivity index is 2.56. The zero-order valence-electron chi connectivity index (χ0n) is 12.4. The van der Waals surface area contributed by atoms with Crippen molar-refractivity contribution in [2.45, 2.75) is 52.7 Å². The van der Waals surface area contributed by atoms with Gasteiger partial charge >= 0.3 is 0 Å². The number of ether oxygens (including phenoxy) is 1. The number of rotatable bonds is 5. The lowest BCUT2D eigenvalue weighted by atomic mass is 10.00. The molecule has 1 aromatic carbocycles. The van der Waals surface area contributed by atoms with Gasteiger partial charge in [-0.1, -0.05) is 38.1 Å². The highest BCUT2D eigenvalue weighted by molar-refractivity contribution is 5.25. The van der Waals surface area contributed by atoms with Gasteiger partial charge in [0.1, 0.15) is 0 Å². The molecule has 2 N–H and O–H groups in total. The SMILES string of the molecule is CC(C)Cc1ccc(C(N)COC(C)(C)C)cc1. The van der Waals surface area contributed by atoms with Crippen molar-refractivity contribution in [3.63, 3.8) is 0 Å². The Bertz CT molecular complexity index is 348. The Kier molecular flexibility index (Phi) is 5.36. The van der Waals surface area contributed by atoms with Gasteiger partial charge in [0.15, 0.2) is 0 Å². The molecule has 18 heavy (non-hydrogen) atoms. The molecule has 1 unspecified atom stereocenters.